The number of ether oxygens (including phenoxy) is 1. The van der Waals surface area contributed by atoms with E-state index >= 15 is 0 Å². The number of hydrogen-bond donors (Lipinski definition) is 1. The van der Waals surface area contributed by atoms with Gasteiger partial charge in [0.25, 0.3) is 5.91 Å². The second-order valence-electron chi connectivity index (χ2n) is 9.76. The van der Waals surface area contributed by atoms with Gasteiger partial charge in [-0.3, -0.25) is 4.79 Å². The SMILES string of the molecule is CC1CC(NC(=O)c2nn(-c3ccc(F)cc3)cc2OCc2ccc(F)cc2)CC(C)(C)C1. The maximum atomic E-state index is 13.4. The number of carbonyl (C=O) groups excluding carboxylic acids is 1. The highest BCUT2D eigenvalue weighted by Gasteiger charge is 2.33. The second-order valence-corrected chi connectivity index (χ2v) is 9.76. The maximum Gasteiger partial charge on any atom is 0.275 e. The van der Waals surface area contributed by atoms with E-state index in [1.165, 1.54) is 28.9 Å². The van der Waals surface area contributed by atoms with Crippen molar-refractivity contribution in [3.63, 3.8) is 0 Å². The van der Waals surface area contributed by atoms with Crippen molar-refractivity contribution in [2.75, 3.05) is 0 Å². The van der Waals surface area contributed by atoms with Crippen molar-refractivity contribution in [3.05, 3.63) is 77.6 Å². The first-order valence-electron chi connectivity index (χ1n) is 11.2. The fourth-order valence-corrected chi connectivity index (χ4v) is 4.80. The Morgan fingerprint density at radius 2 is 1.73 bits per heavy atom. The summed E-state index contributed by atoms with van der Waals surface area (Å²) in [6.45, 7) is 6.81. The van der Waals surface area contributed by atoms with Crippen molar-refractivity contribution < 1.29 is 18.3 Å². The molecule has 4 rings (SSSR count). The van der Waals surface area contributed by atoms with Crippen LogP contribution in [0.3, 0.4) is 0 Å². The maximum absolute atomic E-state index is 13.4. The van der Waals surface area contributed by atoms with Crippen LogP contribution in [-0.2, 0) is 6.61 Å². The Hall–Kier alpha value is -3.22. The first-order valence-corrected chi connectivity index (χ1v) is 11.2. The van der Waals surface area contributed by atoms with Crippen LogP contribution in [0.1, 0.15) is 56.1 Å². The first-order chi connectivity index (χ1) is 15.7. The Morgan fingerprint density at radius 1 is 1.09 bits per heavy atom. The normalized spacial score (nSPS) is 19.8. The molecule has 2 aromatic carbocycles. The number of rotatable bonds is 6. The molecule has 5 nitrogen and oxygen atoms in total. The molecule has 7 heteroatoms. The molecule has 1 saturated carbocycles. The molecule has 3 aromatic rings. The molecular formula is C26H29F2N3O2. The minimum Gasteiger partial charge on any atom is -0.485 e. The van der Waals surface area contributed by atoms with Gasteiger partial charge < -0.3 is 10.1 Å². The third-order valence-electron chi connectivity index (χ3n) is 6.02. The Labute approximate surface area is 192 Å². The summed E-state index contributed by atoms with van der Waals surface area (Å²) in [5, 5.41) is 7.59. The molecule has 174 valence electrons. The van der Waals surface area contributed by atoms with E-state index in [1.54, 1.807) is 30.5 Å². The van der Waals surface area contributed by atoms with Crippen molar-refractivity contribution in [2.45, 2.75) is 52.7 Å². The van der Waals surface area contributed by atoms with Gasteiger partial charge in [0.1, 0.15) is 18.2 Å². The highest BCUT2D eigenvalue weighted by atomic mass is 19.1. The smallest absolute Gasteiger partial charge is 0.275 e. The zero-order chi connectivity index (χ0) is 23.6. The van der Waals surface area contributed by atoms with Crippen molar-refractivity contribution in [3.8, 4) is 11.4 Å². The number of aromatic nitrogens is 2. The van der Waals surface area contributed by atoms with E-state index in [4.69, 9.17) is 4.74 Å². The van der Waals surface area contributed by atoms with E-state index < -0.39 is 0 Å². The van der Waals surface area contributed by atoms with Crippen molar-refractivity contribution in [2.24, 2.45) is 11.3 Å². The molecule has 1 N–H and O–H groups in total. The number of benzene rings is 2. The van der Waals surface area contributed by atoms with E-state index in [-0.39, 0.29) is 41.3 Å². The standard InChI is InChI=1S/C26H29F2N3O2/c1-17-12-21(14-26(2,3)13-17)29-25(32)24-23(33-16-18-4-6-19(27)7-5-18)15-31(30-24)22-10-8-20(28)9-11-22/h4-11,15,17,21H,12-14,16H2,1-3H3,(H,29,32). The van der Waals surface area contributed by atoms with Gasteiger partial charge in [0.15, 0.2) is 11.4 Å². The van der Waals surface area contributed by atoms with E-state index in [2.05, 4.69) is 31.2 Å². The van der Waals surface area contributed by atoms with Crippen LogP contribution in [-0.4, -0.2) is 21.7 Å². The van der Waals surface area contributed by atoms with Gasteiger partial charge in [0, 0.05) is 6.04 Å². The lowest BCUT2D eigenvalue weighted by molar-refractivity contribution is 0.0864. The molecule has 0 saturated heterocycles. The molecule has 2 atom stereocenters. The van der Waals surface area contributed by atoms with Crippen molar-refractivity contribution in [1.29, 1.82) is 0 Å². The molecule has 2 unspecified atom stereocenters. The van der Waals surface area contributed by atoms with E-state index in [1.807, 2.05) is 0 Å². The summed E-state index contributed by atoms with van der Waals surface area (Å²) in [6.07, 6.45) is 4.55. The predicted molar refractivity (Wildman–Crippen MR) is 122 cm³/mol. The minimum absolute atomic E-state index is 0.0529. The summed E-state index contributed by atoms with van der Waals surface area (Å²) < 4.78 is 34.0. The highest BCUT2D eigenvalue weighted by Crippen LogP contribution is 2.38. The average Bonchev–Trinajstić information content (AvgIpc) is 3.17. The molecule has 1 aliphatic rings. The zero-order valence-corrected chi connectivity index (χ0v) is 19.1. The van der Waals surface area contributed by atoms with Crippen LogP contribution in [0, 0.1) is 23.0 Å². The van der Waals surface area contributed by atoms with E-state index in [0.717, 1.165) is 24.8 Å². The summed E-state index contributed by atoms with van der Waals surface area (Å²) >= 11 is 0. The number of nitrogens with one attached hydrogen (secondary N) is 1. The molecule has 0 aliphatic heterocycles. The van der Waals surface area contributed by atoms with Gasteiger partial charge in [0.05, 0.1) is 11.9 Å². The van der Waals surface area contributed by atoms with E-state index in [0.29, 0.717) is 17.4 Å². The largest absolute Gasteiger partial charge is 0.485 e. The average molecular weight is 454 g/mol. The lowest BCUT2D eigenvalue weighted by Gasteiger charge is -2.39. The summed E-state index contributed by atoms with van der Waals surface area (Å²) in [4.78, 5) is 13.2. The lowest BCUT2D eigenvalue weighted by atomic mass is 9.70. The number of halogens is 2. The summed E-state index contributed by atoms with van der Waals surface area (Å²) in [6, 6.07) is 11.9. The van der Waals surface area contributed by atoms with Gasteiger partial charge in [-0.25, -0.2) is 13.5 Å². The van der Waals surface area contributed by atoms with Crippen LogP contribution in [0.15, 0.2) is 54.7 Å². The van der Waals surface area contributed by atoms with Crippen molar-refractivity contribution >= 4 is 5.91 Å². The van der Waals surface area contributed by atoms with Gasteiger partial charge in [-0.1, -0.05) is 32.9 Å². The molecule has 1 amide bonds. The van der Waals surface area contributed by atoms with Gasteiger partial charge in [0.2, 0.25) is 0 Å². The van der Waals surface area contributed by atoms with Crippen LogP contribution in [0.25, 0.3) is 5.69 Å². The topological polar surface area (TPSA) is 56.2 Å². The molecule has 0 radical (unpaired) electrons. The van der Waals surface area contributed by atoms with Crippen LogP contribution in [0.4, 0.5) is 8.78 Å². The number of nitrogens with zero attached hydrogens (tertiary/aromatic N) is 2. The number of carbonyl (C=O) groups is 1. The van der Waals surface area contributed by atoms with E-state index in [9.17, 15) is 13.6 Å². The van der Waals surface area contributed by atoms with Crippen molar-refractivity contribution in [1.82, 2.24) is 15.1 Å². The van der Waals surface area contributed by atoms with Crippen LogP contribution >= 0.6 is 0 Å². The number of amides is 1. The summed E-state index contributed by atoms with van der Waals surface area (Å²) in [5.74, 6) is -0.160. The van der Waals surface area contributed by atoms with Gasteiger partial charge >= 0.3 is 0 Å². The Morgan fingerprint density at radius 3 is 2.36 bits per heavy atom. The lowest BCUT2D eigenvalue weighted by Crippen LogP contribution is -2.43. The quantitative estimate of drug-likeness (QED) is 0.523. The summed E-state index contributed by atoms with van der Waals surface area (Å²) in [7, 11) is 0. The van der Waals surface area contributed by atoms with Crippen LogP contribution < -0.4 is 10.1 Å². The molecule has 33 heavy (non-hydrogen) atoms. The second kappa shape index (κ2) is 9.33. The van der Waals surface area contributed by atoms with Crippen LogP contribution in [0.2, 0.25) is 0 Å². The highest BCUT2D eigenvalue weighted by molar-refractivity contribution is 5.95. The molecule has 1 heterocycles. The molecule has 1 fully saturated rings. The molecule has 0 bridgehead atoms. The molecular weight excluding hydrogens is 424 g/mol. The predicted octanol–water partition coefficient (Wildman–Crippen LogP) is 5.67. The molecule has 1 aromatic heterocycles. The Balaban J connectivity index is 1.57. The minimum atomic E-state index is -0.356. The Bertz CT molecular complexity index is 1110. The third-order valence-corrected chi connectivity index (χ3v) is 6.02. The monoisotopic (exact) mass is 453 g/mol. The van der Waals surface area contributed by atoms with Gasteiger partial charge in [-0.05, 0) is 72.6 Å². The fraction of sp³-hybridized carbons (Fsp3) is 0.385. The third kappa shape index (κ3) is 5.78. The summed E-state index contributed by atoms with van der Waals surface area (Å²) in [5.41, 5.74) is 1.69. The Kier molecular flexibility index (Phi) is 6.49. The van der Waals surface area contributed by atoms with Crippen LogP contribution in [0.5, 0.6) is 5.75 Å². The molecule has 1 aliphatic carbocycles. The van der Waals surface area contributed by atoms with Gasteiger partial charge in [-0.2, -0.15) is 5.10 Å². The zero-order valence-electron chi connectivity index (χ0n) is 19.1. The fourth-order valence-electron chi connectivity index (χ4n) is 4.80. The first kappa shape index (κ1) is 23.0. The molecule has 0 spiro atoms. The van der Waals surface area contributed by atoms with Gasteiger partial charge in [-0.15, -0.1) is 0 Å². The number of hydrogen-bond acceptors (Lipinski definition) is 3.